The Morgan fingerprint density at radius 2 is 0.945 bits per heavy atom. The van der Waals surface area contributed by atoms with Gasteiger partial charge in [0.2, 0.25) is 0 Å². The van der Waals surface area contributed by atoms with Crippen LogP contribution in [0.1, 0.15) is 5.56 Å². The number of aromatic nitrogens is 2. The van der Waals surface area contributed by atoms with Crippen LogP contribution >= 0.6 is 0 Å². The molecule has 9 aromatic carbocycles. The Morgan fingerprint density at radius 3 is 1.65 bits per heavy atom. The van der Waals surface area contributed by atoms with Crippen molar-refractivity contribution in [2.24, 2.45) is 0 Å². The van der Waals surface area contributed by atoms with Gasteiger partial charge in [0.1, 0.15) is 0 Å². The zero-order chi connectivity index (χ0) is 36.5. The second kappa shape index (κ2) is 12.2. The van der Waals surface area contributed by atoms with Crippen LogP contribution in [-0.4, -0.2) is 9.13 Å². The number of benzene rings is 9. The molecule has 0 spiro atoms. The van der Waals surface area contributed by atoms with Gasteiger partial charge in [-0.3, -0.25) is 0 Å². The summed E-state index contributed by atoms with van der Waals surface area (Å²) in [5, 5.41) is 16.9. The number of para-hydroxylation sites is 4. The molecule has 4 nitrogen and oxygen atoms in total. The lowest BCUT2D eigenvalue weighted by Crippen LogP contribution is -2.10. The summed E-state index contributed by atoms with van der Waals surface area (Å²) in [6.07, 6.45) is 0. The molecule has 0 fully saturated rings. The van der Waals surface area contributed by atoms with Gasteiger partial charge in [0, 0.05) is 49.7 Å². The van der Waals surface area contributed by atoms with Gasteiger partial charge in [0.25, 0.3) is 0 Å². The van der Waals surface area contributed by atoms with Crippen molar-refractivity contribution in [2.45, 2.75) is 0 Å². The lowest BCUT2D eigenvalue weighted by Gasteiger charge is -2.27. The van der Waals surface area contributed by atoms with Crippen molar-refractivity contribution >= 4 is 71.4 Å². The first kappa shape index (κ1) is 31.0. The summed E-state index contributed by atoms with van der Waals surface area (Å²) in [7, 11) is 0. The zero-order valence-corrected chi connectivity index (χ0v) is 29.8. The first-order valence-corrected chi connectivity index (χ1v) is 18.6. The summed E-state index contributed by atoms with van der Waals surface area (Å²) in [4.78, 5) is 2.30. The van der Waals surface area contributed by atoms with Crippen LogP contribution in [0.15, 0.2) is 194 Å². The van der Waals surface area contributed by atoms with E-state index in [-0.39, 0.29) is 0 Å². The predicted octanol–water partition coefficient (Wildman–Crippen LogP) is 13.5. The number of rotatable bonds is 6. The quantitative estimate of drug-likeness (QED) is 0.162. The number of hydrogen-bond donors (Lipinski definition) is 0. The Balaban J connectivity index is 1.18. The van der Waals surface area contributed by atoms with Crippen LogP contribution in [0.3, 0.4) is 0 Å². The van der Waals surface area contributed by atoms with Gasteiger partial charge in [-0.05, 0) is 114 Å². The maximum absolute atomic E-state index is 9.58. The highest BCUT2D eigenvalue weighted by molar-refractivity contribution is 6.29. The molecule has 11 aromatic rings. The van der Waals surface area contributed by atoms with Crippen LogP contribution < -0.4 is 4.90 Å². The van der Waals surface area contributed by atoms with Crippen molar-refractivity contribution in [1.82, 2.24) is 9.13 Å². The van der Waals surface area contributed by atoms with Crippen LogP contribution in [-0.2, 0) is 0 Å². The van der Waals surface area contributed by atoms with E-state index in [0.717, 1.165) is 39.3 Å². The third-order valence-electron chi connectivity index (χ3n) is 11.1. The van der Waals surface area contributed by atoms with E-state index in [2.05, 4.69) is 184 Å². The Morgan fingerprint density at radius 1 is 0.400 bits per heavy atom. The Bertz CT molecular complexity index is 3240. The Labute approximate surface area is 317 Å². The van der Waals surface area contributed by atoms with Crippen molar-refractivity contribution < 1.29 is 0 Å². The van der Waals surface area contributed by atoms with Crippen molar-refractivity contribution in [1.29, 1.82) is 5.26 Å². The van der Waals surface area contributed by atoms with E-state index in [9.17, 15) is 5.26 Å². The third-order valence-corrected chi connectivity index (χ3v) is 11.1. The van der Waals surface area contributed by atoms with E-state index >= 15 is 0 Å². The molecule has 0 aliphatic carbocycles. The van der Waals surface area contributed by atoms with Gasteiger partial charge < -0.3 is 14.0 Å². The first-order valence-electron chi connectivity index (χ1n) is 18.6. The summed E-state index contributed by atoms with van der Waals surface area (Å²) in [5.74, 6) is 0. The van der Waals surface area contributed by atoms with E-state index in [4.69, 9.17) is 0 Å². The Kier molecular flexibility index (Phi) is 6.89. The minimum absolute atomic E-state index is 0.638. The van der Waals surface area contributed by atoms with E-state index in [1.807, 2.05) is 30.3 Å². The normalized spacial score (nSPS) is 11.6. The fraction of sp³-hybridized carbons (Fsp3) is 0. The fourth-order valence-corrected chi connectivity index (χ4v) is 8.73. The molecule has 0 aliphatic rings. The Hall–Kier alpha value is -7.61. The summed E-state index contributed by atoms with van der Waals surface area (Å²) >= 11 is 0. The molecule has 0 radical (unpaired) electrons. The third kappa shape index (κ3) is 4.70. The van der Waals surface area contributed by atoms with Gasteiger partial charge in [-0.2, -0.15) is 5.26 Å². The second-order valence-corrected chi connectivity index (χ2v) is 14.1. The summed E-state index contributed by atoms with van der Waals surface area (Å²) in [6.45, 7) is 0. The first-order chi connectivity index (χ1) is 27.3. The SMILES string of the molecule is N#Cc1ccc(N(c2ccccc2)c2ccc3c4c2ccc2c(-c5ccc6c(c5)c5ccccc5n6-c5ccccc5)ccc(c24)n3-c2ccccc2)cc1. The zero-order valence-electron chi connectivity index (χ0n) is 29.8. The molecule has 0 saturated heterocycles. The number of fused-ring (bicyclic) bond motifs is 3. The maximum atomic E-state index is 9.58. The number of anilines is 3. The van der Waals surface area contributed by atoms with Gasteiger partial charge in [0.15, 0.2) is 0 Å². The molecule has 0 saturated carbocycles. The minimum atomic E-state index is 0.638. The number of nitrogens with zero attached hydrogens (tertiary/aromatic N) is 4. The monoisotopic (exact) mass is 700 g/mol. The molecule has 4 heteroatoms. The minimum Gasteiger partial charge on any atom is -0.310 e. The summed E-state index contributed by atoms with van der Waals surface area (Å²) < 4.78 is 4.78. The van der Waals surface area contributed by atoms with Crippen LogP contribution in [0.25, 0.3) is 76.9 Å². The van der Waals surface area contributed by atoms with E-state index in [1.54, 1.807) is 0 Å². The molecule has 0 aliphatic heterocycles. The molecule has 0 atom stereocenters. The standard InChI is InChI=1S/C51H32N4/c52-33-34-20-23-39(24-21-34)53(36-12-4-1-5-13-36)46-30-31-49-51-43(46)26-25-42-40(27-29-48(50(42)51)55(49)38-16-8-3-9-17-38)35-22-28-47-44(32-35)41-18-10-11-19-45(41)54(47)37-14-6-2-7-15-37/h1-32H. The molecule has 256 valence electrons. The highest BCUT2D eigenvalue weighted by Gasteiger charge is 2.24. The van der Waals surface area contributed by atoms with Crippen LogP contribution in [0.5, 0.6) is 0 Å². The average molecular weight is 701 g/mol. The van der Waals surface area contributed by atoms with Crippen LogP contribution in [0.4, 0.5) is 17.1 Å². The second-order valence-electron chi connectivity index (χ2n) is 14.1. The number of hydrogen-bond acceptors (Lipinski definition) is 2. The van der Waals surface area contributed by atoms with Crippen molar-refractivity contribution in [2.75, 3.05) is 4.90 Å². The molecule has 0 N–H and O–H groups in total. The molecule has 2 aromatic heterocycles. The highest BCUT2D eigenvalue weighted by atomic mass is 15.1. The largest absolute Gasteiger partial charge is 0.310 e. The molecule has 0 bridgehead atoms. The van der Waals surface area contributed by atoms with Gasteiger partial charge in [-0.1, -0.05) is 97.1 Å². The molecule has 55 heavy (non-hydrogen) atoms. The van der Waals surface area contributed by atoms with E-state index in [0.29, 0.717) is 5.56 Å². The summed E-state index contributed by atoms with van der Waals surface area (Å²) in [5.41, 5.74) is 13.2. The average Bonchev–Trinajstić information content (AvgIpc) is 3.78. The highest BCUT2D eigenvalue weighted by Crippen LogP contribution is 2.48. The lowest BCUT2D eigenvalue weighted by atomic mass is 9.93. The van der Waals surface area contributed by atoms with Gasteiger partial charge in [-0.25, -0.2) is 0 Å². The molecular weight excluding hydrogens is 669 g/mol. The summed E-state index contributed by atoms with van der Waals surface area (Å²) in [6, 6.07) is 71.3. The van der Waals surface area contributed by atoms with Gasteiger partial charge in [-0.15, -0.1) is 0 Å². The lowest BCUT2D eigenvalue weighted by molar-refractivity contribution is 1.18. The maximum Gasteiger partial charge on any atom is 0.0991 e. The molecule has 2 heterocycles. The number of nitriles is 1. The predicted molar refractivity (Wildman–Crippen MR) is 229 cm³/mol. The molecule has 11 rings (SSSR count). The fourth-order valence-electron chi connectivity index (χ4n) is 8.73. The van der Waals surface area contributed by atoms with Crippen molar-refractivity contribution in [3.8, 4) is 28.6 Å². The van der Waals surface area contributed by atoms with Crippen LogP contribution in [0, 0.1) is 11.3 Å². The van der Waals surface area contributed by atoms with Crippen molar-refractivity contribution in [3.63, 3.8) is 0 Å². The topological polar surface area (TPSA) is 36.9 Å². The van der Waals surface area contributed by atoms with Crippen LogP contribution in [0.2, 0.25) is 0 Å². The smallest absolute Gasteiger partial charge is 0.0991 e. The molecule has 0 unspecified atom stereocenters. The van der Waals surface area contributed by atoms with E-state index < -0.39 is 0 Å². The van der Waals surface area contributed by atoms with Gasteiger partial charge in [0.05, 0.1) is 39.4 Å². The van der Waals surface area contributed by atoms with Crippen molar-refractivity contribution in [3.05, 3.63) is 200 Å². The van der Waals surface area contributed by atoms with E-state index in [1.165, 1.54) is 54.6 Å². The van der Waals surface area contributed by atoms with Gasteiger partial charge >= 0.3 is 0 Å². The molecular formula is C51H32N4. The molecule has 0 amide bonds.